The molecule has 3 heterocycles. The number of hydrogen-bond donors (Lipinski definition) is 1. The first kappa shape index (κ1) is 21.1. The summed E-state index contributed by atoms with van der Waals surface area (Å²) in [6.07, 6.45) is 7.21. The van der Waals surface area contributed by atoms with E-state index in [1.54, 1.807) is 0 Å². The fourth-order valence-electron chi connectivity index (χ4n) is 4.34. The lowest BCUT2D eigenvalue weighted by Crippen LogP contribution is -2.38. The quantitative estimate of drug-likeness (QED) is 0.606. The molecule has 1 saturated heterocycles. The molecule has 0 atom stereocenters. The van der Waals surface area contributed by atoms with Crippen molar-refractivity contribution in [2.75, 3.05) is 19.6 Å². The molecule has 1 fully saturated rings. The van der Waals surface area contributed by atoms with Crippen LogP contribution in [0.2, 0.25) is 0 Å². The Morgan fingerprint density at radius 1 is 1.00 bits per heavy atom. The molecule has 0 bridgehead atoms. The number of nitrogens with zero attached hydrogens (tertiary/aromatic N) is 3. The van der Waals surface area contributed by atoms with E-state index in [0.717, 1.165) is 38.2 Å². The molecule has 31 heavy (non-hydrogen) atoms. The van der Waals surface area contributed by atoms with Gasteiger partial charge in [0.15, 0.2) is 0 Å². The summed E-state index contributed by atoms with van der Waals surface area (Å²) >= 11 is 0. The number of carbonyl (C=O) groups is 2. The van der Waals surface area contributed by atoms with Crippen LogP contribution in [0.1, 0.15) is 43.7 Å². The summed E-state index contributed by atoms with van der Waals surface area (Å²) in [5.74, 6) is 0.609. The summed E-state index contributed by atoms with van der Waals surface area (Å²) in [6.45, 7) is 2.88. The predicted molar refractivity (Wildman–Crippen MR) is 122 cm³/mol. The summed E-state index contributed by atoms with van der Waals surface area (Å²) in [4.78, 5) is 31.0. The van der Waals surface area contributed by atoms with E-state index in [-0.39, 0.29) is 11.8 Å². The molecule has 4 rings (SSSR count). The first-order valence-electron chi connectivity index (χ1n) is 11.2. The van der Waals surface area contributed by atoms with Gasteiger partial charge in [0.25, 0.3) is 0 Å². The highest BCUT2D eigenvalue weighted by Crippen LogP contribution is 2.26. The molecular weight excluding hydrogens is 388 g/mol. The van der Waals surface area contributed by atoms with Gasteiger partial charge in [0.1, 0.15) is 0 Å². The molecule has 1 aliphatic heterocycles. The fraction of sp³-hybridized carbons (Fsp3) is 0.400. The molecule has 0 spiro atoms. The monoisotopic (exact) mass is 418 g/mol. The lowest BCUT2D eigenvalue weighted by molar-refractivity contribution is -0.132. The lowest BCUT2D eigenvalue weighted by Gasteiger charge is -2.31. The summed E-state index contributed by atoms with van der Waals surface area (Å²) in [5.41, 5.74) is 2.30. The van der Waals surface area contributed by atoms with E-state index in [4.69, 9.17) is 0 Å². The second kappa shape index (κ2) is 10.2. The molecule has 1 aliphatic rings. The number of carbonyl (C=O) groups excluding carboxylic acids is 2. The standard InChI is InChI=1S/C25H30N4O2/c30-24(27-15-19-28-16-13-21-6-1-2-8-23(21)28)9-5-10-25(31)29-17-11-20(12-18-29)22-7-3-4-14-26-22/h1-4,6-8,13-14,16,20H,5,9-12,15,17-19H2,(H,27,30). The lowest BCUT2D eigenvalue weighted by atomic mass is 9.93. The Kier molecular flexibility index (Phi) is 6.97. The number of fused-ring (bicyclic) bond motifs is 1. The van der Waals surface area contributed by atoms with Crippen LogP contribution in [0.15, 0.2) is 60.9 Å². The Balaban J connectivity index is 1.12. The normalized spacial score (nSPS) is 14.6. The molecule has 3 aromatic rings. The minimum absolute atomic E-state index is 0.0121. The van der Waals surface area contributed by atoms with Crippen molar-refractivity contribution < 1.29 is 9.59 Å². The maximum atomic E-state index is 12.5. The van der Waals surface area contributed by atoms with Crippen molar-refractivity contribution in [1.29, 1.82) is 0 Å². The van der Waals surface area contributed by atoms with Gasteiger partial charge in [-0.1, -0.05) is 24.3 Å². The van der Waals surface area contributed by atoms with Gasteiger partial charge < -0.3 is 14.8 Å². The van der Waals surface area contributed by atoms with Gasteiger partial charge in [0, 0.05) is 68.5 Å². The van der Waals surface area contributed by atoms with E-state index in [9.17, 15) is 9.59 Å². The van der Waals surface area contributed by atoms with E-state index in [2.05, 4.69) is 39.1 Å². The van der Waals surface area contributed by atoms with Crippen LogP contribution in [0.5, 0.6) is 0 Å². The van der Waals surface area contributed by atoms with Crippen molar-refractivity contribution in [2.24, 2.45) is 0 Å². The average Bonchev–Trinajstić information content (AvgIpc) is 3.23. The van der Waals surface area contributed by atoms with Crippen LogP contribution in [-0.2, 0) is 16.1 Å². The molecule has 6 nitrogen and oxygen atoms in total. The summed E-state index contributed by atoms with van der Waals surface area (Å²) in [7, 11) is 0. The number of piperidine rings is 1. The Hall–Kier alpha value is -3.15. The van der Waals surface area contributed by atoms with Crippen LogP contribution in [0.25, 0.3) is 10.9 Å². The molecule has 0 radical (unpaired) electrons. The van der Waals surface area contributed by atoms with Gasteiger partial charge in [-0.05, 0) is 48.9 Å². The van der Waals surface area contributed by atoms with Gasteiger partial charge in [0.2, 0.25) is 11.8 Å². The highest BCUT2D eigenvalue weighted by atomic mass is 16.2. The fourth-order valence-corrected chi connectivity index (χ4v) is 4.34. The van der Waals surface area contributed by atoms with Crippen LogP contribution < -0.4 is 5.32 Å². The highest BCUT2D eigenvalue weighted by Gasteiger charge is 2.24. The van der Waals surface area contributed by atoms with Crippen molar-refractivity contribution in [3.8, 4) is 0 Å². The zero-order valence-electron chi connectivity index (χ0n) is 17.9. The summed E-state index contributed by atoms with van der Waals surface area (Å²) in [5, 5.41) is 4.18. The van der Waals surface area contributed by atoms with Crippen molar-refractivity contribution >= 4 is 22.7 Å². The molecule has 0 unspecified atom stereocenters. The number of rotatable bonds is 8. The van der Waals surface area contributed by atoms with E-state index < -0.39 is 0 Å². The summed E-state index contributed by atoms with van der Waals surface area (Å²) < 4.78 is 2.15. The number of amides is 2. The zero-order valence-corrected chi connectivity index (χ0v) is 17.9. The van der Waals surface area contributed by atoms with Gasteiger partial charge >= 0.3 is 0 Å². The van der Waals surface area contributed by atoms with E-state index in [0.29, 0.717) is 31.7 Å². The minimum Gasteiger partial charge on any atom is -0.354 e. The molecular formula is C25H30N4O2. The van der Waals surface area contributed by atoms with Gasteiger partial charge in [-0.2, -0.15) is 0 Å². The number of para-hydroxylation sites is 1. The van der Waals surface area contributed by atoms with Crippen LogP contribution in [0.4, 0.5) is 0 Å². The highest BCUT2D eigenvalue weighted by molar-refractivity contribution is 5.80. The summed E-state index contributed by atoms with van der Waals surface area (Å²) in [6, 6.07) is 16.3. The van der Waals surface area contributed by atoms with Crippen LogP contribution in [0, 0.1) is 0 Å². The van der Waals surface area contributed by atoms with Gasteiger partial charge in [-0.25, -0.2) is 0 Å². The maximum Gasteiger partial charge on any atom is 0.222 e. The number of hydrogen-bond acceptors (Lipinski definition) is 3. The van der Waals surface area contributed by atoms with E-state index >= 15 is 0 Å². The van der Waals surface area contributed by atoms with Crippen LogP contribution in [0.3, 0.4) is 0 Å². The number of nitrogens with one attached hydrogen (secondary N) is 1. The number of pyridine rings is 1. The third-order valence-electron chi connectivity index (χ3n) is 6.10. The molecule has 1 N–H and O–H groups in total. The topological polar surface area (TPSA) is 67.2 Å². The van der Waals surface area contributed by atoms with Crippen molar-refractivity contribution in [2.45, 2.75) is 44.6 Å². The molecule has 1 aromatic carbocycles. The van der Waals surface area contributed by atoms with Crippen LogP contribution in [-0.4, -0.2) is 45.9 Å². The predicted octanol–water partition coefficient (Wildman–Crippen LogP) is 3.73. The second-order valence-electron chi connectivity index (χ2n) is 8.18. The molecule has 0 aliphatic carbocycles. The molecule has 0 saturated carbocycles. The van der Waals surface area contributed by atoms with E-state index in [1.165, 1.54) is 10.9 Å². The van der Waals surface area contributed by atoms with Gasteiger partial charge in [0.05, 0.1) is 0 Å². The van der Waals surface area contributed by atoms with Crippen molar-refractivity contribution in [1.82, 2.24) is 19.8 Å². The molecule has 2 aromatic heterocycles. The maximum absolute atomic E-state index is 12.5. The van der Waals surface area contributed by atoms with Gasteiger partial charge in [-0.15, -0.1) is 0 Å². The van der Waals surface area contributed by atoms with E-state index in [1.807, 2.05) is 41.6 Å². The SMILES string of the molecule is O=C(CCCC(=O)N1CCC(c2ccccn2)CC1)NCCn1ccc2ccccc21. The molecule has 2 amide bonds. The number of aromatic nitrogens is 2. The zero-order chi connectivity index (χ0) is 21.5. The number of benzene rings is 1. The Morgan fingerprint density at radius 3 is 2.61 bits per heavy atom. The largest absolute Gasteiger partial charge is 0.354 e. The first-order valence-corrected chi connectivity index (χ1v) is 11.2. The minimum atomic E-state index is 0.0121. The first-order chi connectivity index (χ1) is 15.2. The van der Waals surface area contributed by atoms with Gasteiger partial charge in [-0.3, -0.25) is 14.6 Å². The third-order valence-corrected chi connectivity index (χ3v) is 6.10. The van der Waals surface area contributed by atoms with Crippen LogP contribution >= 0.6 is 0 Å². The third kappa shape index (κ3) is 5.51. The Labute approximate surface area is 183 Å². The Morgan fingerprint density at radius 2 is 1.81 bits per heavy atom. The second-order valence-corrected chi connectivity index (χ2v) is 8.18. The van der Waals surface area contributed by atoms with Crippen molar-refractivity contribution in [3.05, 3.63) is 66.6 Å². The molecule has 6 heteroatoms. The average molecular weight is 419 g/mol. The number of likely N-dealkylation sites (tertiary alicyclic amines) is 1. The Bertz CT molecular complexity index is 1010. The van der Waals surface area contributed by atoms with Crippen molar-refractivity contribution in [3.63, 3.8) is 0 Å². The molecule has 162 valence electrons. The smallest absolute Gasteiger partial charge is 0.222 e.